The van der Waals surface area contributed by atoms with Crippen LogP contribution in [-0.4, -0.2) is 45.4 Å². The lowest BCUT2D eigenvalue weighted by Crippen LogP contribution is -3.14. The molecule has 29 heavy (non-hydrogen) atoms. The summed E-state index contributed by atoms with van der Waals surface area (Å²) in [6.45, 7) is 4.32. The van der Waals surface area contributed by atoms with Crippen molar-refractivity contribution in [2.24, 2.45) is 0 Å². The van der Waals surface area contributed by atoms with E-state index in [1.807, 2.05) is 54.6 Å². The summed E-state index contributed by atoms with van der Waals surface area (Å²) in [7, 11) is 0. The minimum atomic E-state index is -0.111. The molecular weight excluding hydrogens is 364 g/mol. The number of hydrogen-bond acceptors (Lipinski definition) is 3. The minimum absolute atomic E-state index is 0.000117. The molecular formula is C24H27N2O3+. The fourth-order valence-electron chi connectivity index (χ4n) is 3.73. The van der Waals surface area contributed by atoms with E-state index in [1.54, 1.807) is 0 Å². The van der Waals surface area contributed by atoms with E-state index in [1.165, 1.54) is 4.90 Å². The van der Waals surface area contributed by atoms with Gasteiger partial charge in [0.15, 0.2) is 6.61 Å². The first-order valence-electron chi connectivity index (χ1n) is 10.2. The first-order chi connectivity index (χ1) is 14.3. The molecule has 0 bridgehead atoms. The molecule has 0 aliphatic carbocycles. The highest BCUT2D eigenvalue weighted by atomic mass is 16.5. The van der Waals surface area contributed by atoms with Gasteiger partial charge in [-0.3, -0.25) is 4.79 Å². The minimum Gasteiger partial charge on any atom is -0.484 e. The smallest absolute Gasteiger partial charge is 0.258 e. The van der Waals surface area contributed by atoms with Gasteiger partial charge in [-0.2, -0.15) is 0 Å². The number of rotatable bonds is 7. The summed E-state index contributed by atoms with van der Waals surface area (Å²) in [6, 6.07) is 24.1. The van der Waals surface area contributed by atoms with Gasteiger partial charge >= 0.3 is 0 Å². The van der Waals surface area contributed by atoms with Gasteiger partial charge in [0.2, 0.25) is 0 Å². The van der Waals surface area contributed by atoms with Crippen LogP contribution in [0.2, 0.25) is 0 Å². The zero-order chi connectivity index (χ0) is 19.9. The molecule has 1 heterocycles. The monoisotopic (exact) mass is 391 g/mol. The van der Waals surface area contributed by atoms with Gasteiger partial charge in [-0.1, -0.05) is 60.7 Å². The van der Waals surface area contributed by atoms with E-state index in [0.29, 0.717) is 5.75 Å². The van der Waals surface area contributed by atoms with Crippen molar-refractivity contribution in [2.75, 3.05) is 39.5 Å². The first-order valence-corrected chi connectivity index (χ1v) is 10.2. The van der Waals surface area contributed by atoms with Crippen LogP contribution in [0, 0.1) is 0 Å². The molecule has 2 N–H and O–H groups in total. The van der Waals surface area contributed by atoms with Crippen molar-refractivity contribution in [2.45, 2.75) is 6.04 Å². The van der Waals surface area contributed by atoms with Crippen molar-refractivity contribution >= 4 is 16.7 Å². The van der Waals surface area contributed by atoms with Gasteiger partial charge in [0.1, 0.15) is 31.4 Å². The lowest BCUT2D eigenvalue weighted by atomic mass is 10.1. The third-order valence-corrected chi connectivity index (χ3v) is 5.32. The highest BCUT2D eigenvalue weighted by molar-refractivity contribution is 5.84. The summed E-state index contributed by atoms with van der Waals surface area (Å²) in [6.07, 6.45) is 0. The van der Waals surface area contributed by atoms with E-state index < -0.39 is 0 Å². The lowest BCUT2D eigenvalue weighted by Gasteiger charge is -2.28. The summed E-state index contributed by atoms with van der Waals surface area (Å²) in [5.41, 5.74) is 1.12. The molecule has 1 atom stereocenters. The second kappa shape index (κ2) is 9.54. The molecule has 5 heteroatoms. The van der Waals surface area contributed by atoms with Crippen LogP contribution >= 0.6 is 0 Å². The van der Waals surface area contributed by atoms with Gasteiger partial charge in [-0.25, -0.2) is 0 Å². The summed E-state index contributed by atoms with van der Waals surface area (Å²) in [5.74, 6) is 0.591. The SMILES string of the molecule is O=C(COc1ccc2ccccc2c1)N[C@@H](C[NH+]1CCOCC1)c1ccccc1. The molecule has 0 aromatic heterocycles. The normalized spacial score (nSPS) is 15.7. The topological polar surface area (TPSA) is 52.0 Å². The van der Waals surface area contributed by atoms with E-state index in [-0.39, 0.29) is 18.6 Å². The molecule has 3 aromatic carbocycles. The molecule has 1 aliphatic rings. The van der Waals surface area contributed by atoms with E-state index in [0.717, 1.165) is 49.2 Å². The molecule has 1 saturated heterocycles. The van der Waals surface area contributed by atoms with Gasteiger partial charge < -0.3 is 19.7 Å². The van der Waals surface area contributed by atoms with Crippen molar-refractivity contribution in [3.63, 3.8) is 0 Å². The van der Waals surface area contributed by atoms with Gasteiger partial charge in [0, 0.05) is 0 Å². The maximum atomic E-state index is 12.6. The van der Waals surface area contributed by atoms with Crippen LogP contribution in [0.4, 0.5) is 0 Å². The number of nitrogens with one attached hydrogen (secondary N) is 2. The summed E-state index contributed by atoms with van der Waals surface area (Å²) in [5, 5.41) is 5.42. The average Bonchev–Trinajstić information content (AvgIpc) is 2.78. The molecule has 0 radical (unpaired) electrons. The fourth-order valence-corrected chi connectivity index (χ4v) is 3.73. The number of amides is 1. The predicted octanol–water partition coefficient (Wildman–Crippen LogP) is 1.99. The lowest BCUT2D eigenvalue weighted by molar-refractivity contribution is -0.909. The Balaban J connectivity index is 1.38. The van der Waals surface area contributed by atoms with Crippen molar-refractivity contribution in [3.8, 4) is 5.75 Å². The Hall–Kier alpha value is -2.89. The molecule has 0 spiro atoms. The predicted molar refractivity (Wildman–Crippen MR) is 113 cm³/mol. The van der Waals surface area contributed by atoms with E-state index in [9.17, 15) is 4.79 Å². The zero-order valence-corrected chi connectivity index (χ0v) is 16.5. The number of ether oxygens (including phenoxy) is 2. The van der Waals surface area contributed by atoms with Crippen molar-refractivity contribution < 1.29 is 19.2 Å². The summed E-state index contributed by atoms with van der Waals surface area (Å²) >= 11 is 0. The number of fused-ring (bicyclic) bond motifs is 1. The Morgan fingerprint density at radius 3 is 2.48 bits per heavy atom. The summed E-state index contributed by atoms with van der Waals surface area (Å²) in [4.78, 5) is 14.1. The van der Waals surface area contributed by atoms with Crippen LogP contribution in [0.1, 0.15) is 11.6 Å². The van der Waals surface area contributed by atoms with E-state index >= 15 is 0 Å². The number of quaternary nitrogens is 1. The van der Waals surface area contributed by atoms with Gasteiger partial charge in [-0.05, 0) is 28.5 Å². The summed E-state index contributed by atoms with van der Waals surface area (Å²) < 4.78 is 11.2. The third-order valence-electron chi connectivity index (χ3n) is 5.32. The number of carbonyl (C=O) groups excluding carboxylic acids is 1. The molecule has 1 aliphatic heterocycles. The molecule has 150 valence electrons. The van der Waals surface area contributed by atoms with Crippen molar-refractivity contribution in [3.05, 3.63) is 78.4 Å². The standard InChI is InChI=1S/C24H26N2O3/c27-24(18-29-22-11-10-19-6-4-5-9-21(19)16-22)25-23(20-7-2-1-3-8-20)17-26-12-14-28-15-13-26/h1-11,16,23H,12-15,17-18H2,(H,25,27)/p+1/t23-/m0/s1. The molecule has 3 aromatic rings. The Morgan fingerprint density at radius 2 is 1.69 bits per heavy atom. The van der Waals surface area contributed by atoms with Crippen molar-refractivity contribution in [1.29, 1.82) is 0 Å². The molecule has 0 saturated carbocycles. The Labute approximate surface area is 171 Å². The Bertz CT molecular complexity index is 939. The van der Waals surface area contributed by atoms with Crippen LogP contribution in [0.5, 0.6) is 5.75 Å². The maximum Gasteiger partial charge on any atom is 0.258 e. The fraction of sp³-hybridized carbons (Fsp3) is 0.292. The maximum absolute atomic E-state index is 12.6. The highest BCUT2D eigenvalue weighted by Gasteiger charge is 2.23. The van der Waals surface area contributed by atoms with Crippen LogP contribution in [0.3, 0.4) is 0 Å². The molecule has 1 fully saturated rings. The average molecular weight is 391 g/mol. The quantitative estimate of drug-likeness (QED) is 0.648. The van der Waals surface area contributed by atoms with Crippen LogP contribution in [-0.2, 0) is 9.53 Å². The van der Waals surface area contributed by atoms with Gasteiger partial charge in [-0.15, -0.1) is 0 Å². The van der Waals surface area contributed by atoms with Gasteiger partial charge in [0.05, 0.1) is 13.2 Å². The molecule has 0 unspecified atom stereocenters. The first kappa shape index (κ1) is 19.4. The largest absolute Gasteiger partial charge is 0.484 e. The Morgan fingerprint density at radius 1 is 0.966 bits per heavy atom. The highest BCUT2D eigenvalue weighted by Crippen LogP contribution is 2.20. The van der Waals surface area contributed by atoms with Gasteiger partial charge in [0.25, 0.3) is 5.91 Å². The molecule has 1 amide bonds. The number of hydrogen-bond donors (Lipinski definition) is 2. The van der Waals surface area contributed by atoms with Crippen LogP contribution in [0.25, 0.3) is 10.8 Å². The molecule has 4 rings (SSSR count). The van der Waals surface area contributed by atoms with E-state index in [2.05, 4.69) is 23.5 Å². The Kier molecular flexibility index (Phi) is 6.39. The number of carbonyl (C=O) groups is 1. The second-order valence-corrected chi connectivity index (χ2v) is 7.39. The van der Waals surface area contributed by atoms with Crippen molar-refractivity contribution in [1.82, 2.24) is 5.32 Å². The van der Waals surface area contributed by atoms with Crippen LogP contribution < -0.4 is 15.0 Å². The zero-order valence-electron chi connectivity index (χ0n) is 16.5. The van der Waals surface area contributed by atoms with Crippen LogP contribution in [0.15, 0.2) is 72.8 Å². The second-order valence-electron chi connectivity index (χ2n) is 7.39. The number of morpholine rings is 1. The molecule has 5 nitrogen and oxygen atoms in total. The number of benzene rings is 3. The van der Waals surface area contributed by atoms with E-state index in [4.69, 9.17) is 9.47 Å². The third kappa shape index (κ3) is 5.34.